The highest BCUT2D eigenvalue weighted by atomic mass is 79.9. The summed E-state index contributed by atoms with van der Waals surface area (Å²) in [4.78, 5) is 84.5. The van der Waals surface area contributed by atoms with Crippen LogP contribution in [-0.2, 0) is 81.7 Å². The first kappa shape index (κ1) is 71.1. The molecule has 3 amide bonds. The number of fused-ring (bicyclic) bond motifs is 4. The smallest absolute Gasteiger partial charge is 0.411 e. The molecule has 21 nitrogen and oxygen atoms in total. The summed E-state index contributed by atoms with van der Waals surface area (Å²) in [5.74, 6) is 2.35. The second-order valence-electron chi connectivity index (χ2n) is 26.2. The lowest BCUT2D eigenvalue weighted by Crippen LogP contribution is -2.46. The molecule has 0 bridgehead atoms. The molecule has 10 rings (SSSR count). The normalized spacial score (nSPS) is 17.0. The van der Waals surface area contributed by atoms with Gasteiger partial charge in [0.1, 0.15) is 65.4 Å². The molecule has 94 heavy (non-hydrogen) atoms. The molecular formula is C72H87BrN4O17. The maximum Gasteiger partial charge on any atom is 0.411 e. The molecule has 0 aromatic heterocycles. The Morgan fingerprint density at radius 1 is 0.521 bits per heavy atom. The number of esters is 3. The number of carbonyl (C=O) groups excluding carboxylic acids is 6. The Morgan fingerprint density at radius 2 is 0.947 bits per heavy atom. The van der Waals surface area contributed by atoms with Crippen molar-refractivity contribution in [3.05, 3.63) is 157 Å². The number of aryl methyl sites for hydroxylation is 1. The molecule has 22 heteroatoms. The highest BCUT2D eigenvalue weighted by molar-refractivity contribution is 9.10. The third-order valence-corrected chi connectivity index (χ3v) is 16.4. The number of methoxy groups -OCH3 is 4. The number of ether oxygens (including phenoxy) is 11. The highest BCUT2D eigenvalue weighted by Gasteiger charge is 2.42. The van der Waals surface area contributed by atoms with Gasteiger partial charge in [-0.25, -0.2) is 28.8 Å². The van der Waals surface area contributed by atoms with Crippen LogP contribution in [0.15, 0.2) is 106 Å². The van der Waals surface area contributed by atoms with E-state index in [2.05, 4.69) is 27.0 Å². The summed E-state index contributed by atoms with van der Waals surface area (Å²) >= 11 is 3.62. The minimum absolute atomic E-state index is 0.346. The van der Waals surface area contributed by atoms with E-state index >= 15 is 0 Å². The predicted octanol–water partition coefficient (Wildman–Crippen LogP) is 13.0. The lowest BCUT2D eigenvalue weighted by atomic mass is 9.92. The van der Waals surface area contributed by atoms with Gasteiger partial charge in [0.15, 0.2) is 18.1 Å². The van der Waals surface area contributed by atoms with Crippen molar-refractivity contribution in [2.45, 2.75) is 150 Å². The lowest BCUT2D eigenvalue weighted by molar-refractivity contribution is -0.148. The number of carbonyl (C=O) groups is 6. The molecule has 5 aromatic carbocycles. The number of nitrogens with zero attached hydrogens (tertiary/aromatic N) is 4. The average molecular weight is 1360 g/mol. The van der Waals surface area contributed by atoms with Crippen LogP contribution in [0.5, 0.6) is 28.7 Å². The predicted molar refractivity (Wildman–Crippen MR) is 355 cm³/mol. The third-order valence-electron chi connectivity index (χ3n) is 15.6. The van der Waals surface area contributed by atoms with Crippen molar-refractivity contribution in [2.75, 3.05) is 67.8 Å². The molecule has 504 valence electrons. The van der Waals surface area contributed by atoms with Crippen LogP contribution in [0, 0.1) is 6.92 Å². The van der Waals surface area contributed by atoms with E-state index in [9.17, 15) is 28.8 Å². The number of aliphatic imine (C=N–C) groups is 1. The maximum absolute atomic E-state index is 12.7. The van der Waals surface area contributed by atoms with Crippen molar-refractivity contribution < 1.29 is 80.9 Å². The van der Waals surface area contributed by atoms with Gasteiger partial charge in [0.05, 0.1) is 47.3 Å². The summed E-state index contributed by atoms with van der Waals surface area (Å²) in [6.45, 7) is 23.9. The van der Waals surface area contributed by atoms with Gasteiger partial charge in [0, 0.05) is 36.1 Å². The van der Waals surface area contributed by atoms with Crippen LogP contribution in [0.25, 0.3) is 0 Å². The van der Waals surface area contributed by atoms with E-state index < -0.39 is 71.1 Å². The SMILES string of the molecule is COC(=O)[C@H]1c2ccc(OCC3=NCC(C)=C3)cc2CCN1C(=O)OC(C)(C)C.COC(=O)[C@H]1c2ccc(OCc3cc4c(cc3Br)CCO4)cc2CCN1C(=O)OC(C)(C)C.COC(=O)[C@H]1c2ccc(OCc3ccc(OC)c(C)c3)cc2CCN1C(=O)OC(C)(C)C. The van der Waals surface area contributed by atoms with E-state index in [1.807, 2.05) is 92.7 Å². The Morgan fingerprint density at radius 3 is 1.33 bits per heavy atom. The van der Waals surface area contributed by atoms with Gasteiger partial charge in [0.25, 0.3) is 0 Å². The monoisotopic (exact) mass is 1360 g/mol. The fourth-order valence-corrected chi connectivity index (χ4v) is 11.8. The molecular weight excluding hydrogens is 1270 g/mol. The fraction of sp³-hybridized carbons (Fsp3) is 0.458. The zero-order valence-electron chi connectivity index (χ0n) is 56.5. The number of amides is 3. The van der Waals surface area contributed by atoms with Gasteiger partial charge < -0.3 is 52.1 Å². The number of rotatable bonds is 13. The summed E-state index contributed by atoms with van der Waals surface area (Å²) in [5.41, 5.74) is 9.47. The molecule has 0 saturated carbocycles. The first-order valence-electron chi connectivity index (χ1n) is 31.2. The van der Waals surface area contributed by atoms with Gasteiger partial charge in [0.2, 0.25) is 0 Å². The van der Waals surface area contributed by atoms with Crippen LogP contribution in [-0.4, -0.2) is 141 Å². The second-order valence-corrected chi connectivity index (χ2v) is 27.1. The second kappa shape index (κ2) is 30.5. The zero-order valence-corrected chi connectivity index (χ0v) is 58.1. The van der Waals surface area contributed by atoms with Crippen molar-refractivity contribution in [3.63, 3.8) is 0 Å². The summed E-state index contributed by atoms with van der Waals surface area (Å²) in [6.07, 6.45) is 3.11. The van der Waals surface area contributed by atoms with Gasteiger partial charge in [-0.05, 0) is 212 Å². The Hall–Kier alpha value is -8.79. The van der Waals surface area contributed by atoms with E-state index in [0.717, 1.165) is 84.7 Å². The van der Waals surface area contributed by atoms with Crippen molar-refractivity contribution >= 4 is 57.8 Å². The minimum Gasteiger partial charge on any atom is -0.496 e. The Balaban J connectivity index is 0.000000181. The summed E-state index contributed by atoms with van der Waals surface area (Å²) < 4.78 is 61.3. The fourth-order valence-electron chi connectivity index (χ4n) is 11.3. The van der Waals surface area contributed by atoms with Crippen molar-refractivity contribution in [1.29, 1.82) is 0 Å². The molecule has 0 spiro atoms. The van der Waals surface area contributed by atoms with Gasteiger partial charge in [-0.1, -0.05) is 45.8 Å². The van der Waals surface area contributed by atoms with E-state index in [4.69, 9.17) is 52.1 Å². The molecule has 0 aliphatic carbocycles. The molecule has 5 aliphatic rings. The molecule has 0 saturated heterocycles. The Labute approximate surface area is 559 Å². The Bertz CT molecular complexity index is 3690. The van der Waals surface area contributed by atoms with Crippen molar-refractivity contribution in [1.82, 2.24) is 14.7 Å². The van der Waals surface area contributed by atoms with Gasteiger partial charge in [-0.3, -0.25) is 19.7 Å². The number of benzene rings is 5. The Kier molecular flexibility index (Phi) is 23.1. The van der Waals surface area contributed by atoms with Crippen LogP contribution in [0.4, 0.5) is 14.4 Å². The maximum atomic E-state index is 12.7. The quantitative estimate of drug-likeness (QED) is 0.0788. The molecule has 5 aromatic rings. The largest absolute Gasteiger partial charge is 0.496 e. The minimum atomic E-state index is -0.856. The number of hydrogen-bond acceptors (Lipinski definition) is 18. The van der Waals surface area contributed by atoms with E-state index in [1.165, 1.54) is 47.2 Å². The summed E-state index contributed by atoms with van der Waals surface area (Å²) in [7, 11) is 5.61. The highest BCUT2D eigenvalue weighted by Crippen LogP contribution is 2.39. The van der Waals surface area contributed by atoms with Crippen molar-refractivity contribution in [2.24, 2.45) is 4.99 Å². The van der Waals surface area contributed by atoms with E-state index in [-0.39, 0.29) is 0 Å². The molecule has 3 atom stereocenters. The topological polar surface area (TPSA) is 226 Å². The lowest BCUT2D eigenvalue weighted by Gasteiger charge is -2.36. The van der Waals surface area contributed by atoms with Crippen LogP contribution in [0.3, 0.4) is 0 Å². The number of hydrogen-bond donors (Lipinski definition) is 0. The van der Waals surface area contributed by atoms with Crippen LogP contribution >= 0.6 is 15.9 Å². The molecule has 0 radical (unpaired) electrons. The van der Waals surface area contributed by atoms with Crippen LogP contribution in [0.1, 0.15) is 143 Å². The van der Waals surface area contributed by atoms with E-state index in [0.29, 0.717) is 82.6 Å². The molecule has 5 heterocycles. The number of halogens is 1. The molecule has 0 fully saturated rings. The third kappa shape index (κ3) is 18.3. The van der Waals surface area contributed by atoms with Crippen LogP contribution in [0.2, 0.25) is 0 Å². The van der Waals surface area contributed by atoms with Crippen LogP contribution < -0.4 is 23.7 Å². The first-order valence-corrected chi connectivity index (χ1v) is 32.0. The van der Waals surface area contributed by atoms with Gasteiger partial charge in [-0.2, -0.15) is 0 Å². The van der Waals surface area contributed by atoms with Crippen molar-refractivity contribution in [3.8, 4) is 28.7 Å². The molecule has 5 aliphatic heterocycles. The average Bonchev–Trinajstić information content (AvgIpc) is 0.965. The standard InChI is InChI=1S/C25H28BrNO6.C25H31NO6.C22H28N2O5/c1-25(2,3)33-24(29)27-9-7-15-11-18(5-6-19(15)22(27)23(28)30-4)32-14-17-13-21-16(8-10-31-21)12-20(17)26;1-16-13-17(7-10-21(16)29-5)15-31-19-8-9-20-18(14-19)11-12-26(22(20)23(27)30-6)24(28)32-25(2,3)4;1-14-10-16(23-12-14)13-28-17-6-7-18-15(11-17)8-9-24(19(18)20(25)27-5)21(26)29-22(2,3)4/h5-6,11-13,22H,7-10,14H2,1-4H3;7-10,13-14,22H,11-12,15H2,1-6H3;6-7,10-11,19H,8-9,12-13H2,1-5H3/t2*22-;19-/m111/s1. The summed E-state index contributed by atoms with van der Waals surface area (Å²) in [5, 5.41) is 0. The molecule has 0 unspecified atom stereocenters. The van der Waals surface area contributed by atoms with E-state index in [1.54, 1.807) is 75.5 Å². The molecule has 0 N–H and O–H groups in total. The van der Waals surface area contributed by atoms with Gasteiger partial charge in [-0.15, -0.1) is 0 Å². The summed E-state index contributed by atoms with van der Waals surface area (Å²) in [6, 6.07) is 24.1. The van der Waals surface area contributed by atoms with Gasteiger partial charge >= 0.3 is 36.2 Å². The first-order chi connectivity index (χ1) is 44.5. The zero-order chi connectivity index (χ0) is 68.4.